The summed E-state index contributed by atoms with van der Waals surface area (Å²) < 4.78 is 29.0. The quantitative estimate of drug-likeness (QED) is 0.735. The van der Waals surface area contributed by atoms with E-state index >= 15 is 0 Å². The van der Waals surface area contributed by atoms with Crippen LogP contribution in [0, 0.1) is 11.6 Å². The first-order valence-electron chi connectivity index (χ1n) is 7.29. The zero-order valence-electron chi connectivity index (χ0n) is 12.3. The van der Waals surface area contributed by atoms with Gasteiger partial charge >= 0.3 is 0 Å². The summed E-state index contributed by atoms with van der Waals surface area (Å²) in [6.45, 7) is 0.972. The van der Waals surface area contributed by atoms with Crippen LogP contribution >= 0.6 is 0 Å². The van der Waals surface area contributed by atoms with E-state index in [-0.39, 0.29) is 0 Å². The molecule has 0 atom stereocenters. The Morgan fingerprint density at radius 2 is 1.83 bits per heavy atom. The standard InChI is InChI=1S/C17H15F2N3O/c18-12-5-3-6-13(19)16(12)17(23)20-9-4-10-22-11-21-14-7-1-2-8-15(14)22/h1-3,5-8,11H,4,9-10H2,(H,20,23). The lowest BCUT2D eigenvalue weighted by atomic mass is 10.2. The Kier molecular flexibility index (Phi) is 4.32. The van der Waals surface area contributed by atoms with Crippen molar-refractivity contribution in [2.24, 2.45) is 0 Å². The van der Waals surface area contributed by atoms with Gasteiger partial charge in [-0.2, -0.15) is 0 Å². The van der Waals surface area contributed by atoms with Crippen LogP contribution in [0.4, 0.5) is 8.78 Å². The Hall–Kier alpha value is -2.76. The van der Waals surface area contributed by atoms with Crippen LogP contribution in [0.25, 0.3) is 11.0 Å². The highest BCUT2D eigenvalue weighted by Crippen LogP contribution is 2.13. The number of rotatable bonds is 5. The lowest BCUT2D eigenvalue weighted by Crippen LogP contribution is -2.27. The van der Waals surface area contributed by atoms with E-state index in [1.807, 2.05) is 28.8 Å². The van der Waals surface area contributed by atoms with Crippen molar-refractivity contribution >= 4 is 16.9 Å². The molecular formula is C17H15F2N3O. The molecule has 3 aromatic rings. The Bertz CT molecular complexity index is 824. The molecule has 1 heterocycles. The van der Waals surface area contributed by atoms with Gasteiger partial charge in [0.2, 0.25) is 0 Å². The van der Waals surface area contributed by atoms with Crippen molar-refractivity contribution in [1.82, 2.24) is 14.9 Å². The van der Waals surface area contributed by atoms with Crippen molar-refractivity contribution in [3.8, 4) is 0 Å². The highest BCUT2D eigenvalue weighted by Gasteiger charge is 2.16. The molecule has 4 nitrogen and oxygen atoms in total. The highest BCUT2D eigenvalue weighted by molar-refractivity contribution is 5.94. The van der Waals surface area contributed by atoms with Gasteiger partial charge in [-0.05, 0) is 30.7 Å². The summed E-state index contributed by atoms with van der Waals surface area (Å²) >= 11 is 0. The minimum Gasteiger partial charge on any atom is -0.352 e. The van der Waals surface area contributed by atoms with E-state index in [9.17, 15) is 13.6 Å². The number of aromatic nitrogens is 2. The van der Waals surface area contributed by atoms with Gasteiger partial charge in [0, 0.05) is 13.1 Å². The molecule has 0 aliphatic carbocycles. The third-order valence-electron chi connectivity index (χ3n) is 3.58. The topological polar surface area (TPSA) is 46.9 Å². The fourth-order valence-corrected chi connectivity index (χ4v) is 2.44. The van der Waals surface area contributed by atoms with Crippen LogP contribution in [-0.4, -0.2) is 22.0 Å². The summed E-state index contributed by atoms with van der Waals surface area (Å²) in [5.41, 5.74) is 1.38. The number of benzene rings is 2. The molecule has 0 saturated heterocycles. The lowest BCUT2D eigenvalue weighted by Gasteiger charge is -2.08. The Morgan fingerprint density at radius 1 is 1.09 bits per heavy atom. The normalized spacial score (nSPS) is 10.9. The second-order valence-corrected chi connectivity index (χ2v) is 5.13. The van der Waals surface area contributed by atoms with Crippen LogP contribution < -0.4 is 5.32 Å². The molecule has 1 N–H and O–H groups in total. The molecule has 0 radical (unpaired) electrons. The molecule has 0 aliphatic rings. The number of nitrogens with one attached hydrogen (secondary N) is 1. The molecule has 1 amide bonds. The third kappa shape index (κ3) is 3.21. The van der Waals surface area contributed by atoms with Crippen LogP contribution in [-0.2, 0) is 6.54 Å². The molecule has 0 saturated carbocycles. The minimum atomic E-state index is -0.858. The van der Waals surface area contributed by atoms with Crippen LogP contribution in [0.2, 0.25) is 0 Å². The molecule has 0 bridgehead atoms. The molecular weight excluding hydrogens is 300 g/mol. The monoisotopic (exact) mass is 315 g/mol. The van der Waals surface area contributed by atoms with Crippen LogP contribution in [0.3, 0.4) is 0 Å². The largest absolute Gasteiger partial charge is 0.352 e. The SMILES string of the molecule is O=C(NCCCn1cnc2ccccc21)c1c(F)cccc1F. The van der Waals surface area contributed by atoms with Gasteiger partial charge in [0.05, 0.1) is 17.4 Å². The molecule has 3 rings (SSSR count). The first-order chi connectivity index (χ1) is 11.2. The number of hydrogen-bond donors (Lipinski definition) is 1. The molecule has 6 heteroatoms. The number of nitrogens with zero attached hydrogens (tertiary/aromatic N) is 2. The zero-order chi connectivity index (χ0) is 16.2. The van der Waals surface area contributed by atoms with E-state index in [1.165, 1.54) is 6.07 Å². The number of halogens is 2. The van der Waals surface area contributed by atoms with Gasteiger partial charge in [-0.3, -0.25) is 4.79 Å². The number of carbonyl (C=O) groups excluding carboxylic acids is 1. The fourth-order valence-electron chi connectivity index (χ4n) is 2.44. The molecule has 0 fully saturated rings. The first kappa shape index (κ1) is 15.1. The van der Waals surface area contributed by atoms with Gasteiger partial charge in [0.15, 0.2) is 0 Å². The summed E-state index contributed by atoms with van der Waals surface area (Å²) in [7, 11) is 0. The molecule has 118 valence electrons. The Morgan fingerprint density at radius 3 is 2.61 bits per heavy atom. The Labute approximate surface area is 131 Å². The Balaban J connectivity index is 1.57. The second kappa shape index (κ2) is 6.56. The summed E-state index contributed by atoms with van der Waals surface area (Å²) in [6.07, 6.45) is 2.37. The number of aryl methyl sites for hydroxylation is 1. The molecule has 2 aromatic carbocycles. The average molecular weight is 315 g/mol. The number of carbonyl (C=O) groups is 1. The number of hydrogen-bond acceptors (Lipinski definition) is 2. The van der Waals surface area contributed by atoms with Crippen LogP contribution in [0.5, 0.6) is 0 Å². The molecule has 0 unspecified atom stereocenters. The number of para-hydroxylation sites is 2. The van der Waals surface area contributed by atoms with E-state index in [0.29, 0.717) is 19.5 Å². The van der Waals surface area contributed by atoms with Crippen molar-refractivity contribution in [1.29, 1.82) is 0 Å². The summed E-state index contributed by atoms with van der Waals surface area (Å²) in [6, 6.07) is 11.1. The second-order valence-electron chi connectivity index (χ2n) is 5.13. The van der Waals surface area contributed by atoms with Gasteiger partial charge in [0.25, 0.3) is 5.91 Å². The fraction of sp³-hybridized carbons (Fsp3) is 0.176. The molecule has 1 aromatic heterocycles. The van der Waals surface area contributed by atoms with Crippen molar-refractivity contribution < 1.29 is 13.6 Å². The van der Waals surface area contributed by atoms with Crippen molar-refractivity contribution in [2.75, 3.05) is 6.54 Å². The van der Waals surface area contributed by atoms with Crippen LogP contribution in [0.1, 0.15) is 16.8 Å². The maximum Gasteiger partial charge on any atom is 0.257 e. The summed E-state index contributed by atoms with van der Waals surface area (Å²) in [5, 5.41) is 2.54. The molecule has 0 aliphatic heterocycles. The van der Waals surface area contributed by atoms with Gasteiger partial charge in [-0.25, -0.2) is 13.8 Å². The van der Waals surface area contributed by atoms with E-state index in [0.717, 1.165) is 23.2 Å². The van der Waals surface area contributed by atoms with Gasteiger partial charge in [-0.15, -0.1) is 0 Å². The van der Waals surface area contributed by atoms with E-state index < -0.39 is 23.1 Å². The zero-order valence-corrected chi connectivity index (χ0v) is 12.3. The van der Waals surface area contributed by atoms with E-state index in [1.54, 1.807) is 6.33 Å². The lowest BCUT2D eigenvalue weighted by molar-refractivity contribution is 0.0944. The summed E-state index contributed by atoms with van der Waals surface area (Å²) in [5.74, 6) is -2.46. The number of amides is 1. The van der Waals surface area contributed by atoms with Crippen LogP contribution in [0.15, 0.2) is 48.8 Å². The molecule has 23 heavy (non-hydrogen) atoms. The van der Waals surface area contributed by atoms with Crippen molar-refractivity contribution in [2.45, 2.75) is 13.0 Å². The predicted molar refractivity (Wildman–Crippen MR) is 83.0 cm³/mol. The maximum atomic E-state index is 13.5. The van der Waals surface area contributed by atoms with E-state index in [4.69, 9.17) is 0 Å². The number of fused-ring (bicyclic) bond motifs is 1. The minimum absolute atomic E-state index is 0.319. The highest BCUT2D eigenvalue weighted by atomic mass is 19.1. The van der Waals surface area contributed by atoms with Gasteiger partial charge in [0.1, 0.15) is 17.2 Å². The number of imidazole rings is 1. The van der Waals surface area contributed by atoms with Crippen molar-refractivity contribution in [3.63, 3.8) is 0 Å². The van der Waals surface area contributed by atoms with E-state index in [2.05, 4.69) is 10.3 Å². The maximum absolute atomic E-state index is 13.5. The summed E-state index contributed by atoms with van der Waals surface area (Å²) in [4.78, 5) is 16.1. The predicted octanol–water partition coefficient (Wildman–Crippen LogP) is 3.13. The average Bonchev–Trinajstić information content (AvgIpc) is 2.95. The molecule has 0 spiro atoms. The van der Waals surface area contributed by atoms with Gasteiger partial charge in [-0.1, -0.05) is 18.2 Å². The van der Waals surface area contributed by atoms with Crippen molar-refractivity contribution in [3.05, 3.63) is 66.0 Å². The smallest absolute Gasteiger partial charge is 0.257 e. The first-order valence-corrected chi connectivity index (χ1v) is 7.29. The third-order valence-corrected chi connectivity index (χ3v) is 3.58. The van der Waals surface area contributed by atoms with Gasteiger partial charge < -0.3 is 9.88 Å².